The maximum absolute atomic E-state index is 15.0. The number of nitrogens with two attached hydrogens (primary N) is 1. The number of halogens is 4. The first-order valence-corrected chi connectivity index (χ1v) is 11.2. The van der Waals surface area contributed by atoms with Crippen LogP contribution in [0.15, 0.2) is 23.0 Å². The molecule has 0 heterocycles. The fourth-order valence-electron chi connectivity index (χ4n) is 5.25. The van der Waals surface area contributed by atoms with Crippen molar-refractivity contribution >= 4 is 34.8 Å². The lowest BCUT2D eigenvalue weighted by Crippen LogP contribution is -2.58. The SMILES string of the molecule is NC(=O)C1=C(O)[C@@]2(O)C(=O)C3=C(O)c4c(O)c(NC(=O)CNCC(F)(F)F)cc(F)c4CC3C[C@H]2CC1=O. The molecule has 0 saturated heterocycles. The van der Waals surface area contributed by atoms with Crippen LogP contribution in [0.3, 0.4) is 0 Å². The number of fused-ring (bicyclic) bond motifs is 3. The van der Waals surface area contributed by atoms with E-state index >= 15 is 4.39 Å². The Morgan fingerprint density at radius 1 is 1.16 bits per heavy atom. The molecule has 1 fully saturated rings. The zero-order chi connectivity index (χ0) is 28.3. The van der Waals surface area contributed by atoms with Gasteiger partial charge in [-0.25, -0.2) is 4.39 Å². The molecule has 0 spiro atoms. The minimum absolute atomic E-state index is 0.202. The summed E-state index contributed by atoms with van der Waals surface area (Å²) in [6.45, 7) is -2.35. The average molecular weight is 543 g/mol. The maximum atomic E-state index is 15.0. The molecule has 0 bridgehead atoms. The van der Waals surface area contributed by atoms with Crippen molar-refractivity contribution < 1.29 is 57.2 Å². The highest BCUT2D eigenvalue weighted by atomic mass is 19.4. The van der Waals surface area contributed by atoms with E-state index in [0.29, 0.717) is 6.07 Å². The molecule has 8 N–H and O–H groups in total. The first kappa shape index (κ1) is 27.1. The predicted octanol–water partition coefficient (Wildman–Crippen LogP) is 0.653. The second-order valence-corrected chi connectivity index (χ2v) is 9.28. The Kier molecular flexibility index (Phi) is 6.48. The summed E-state index contributed by atoms with van der Waals surface area (Å²) in [5.41, 5.74) is -0.683. The fraction of sp³-hybridized carbons (Fsp3) is 0.391. The van der Waals surface area contributed by atoms with Gasteiger partial charge < -0.3 is 36.8 Å². The third-order valence-corrected chi connectivity index (χ3v) is 6.89. The third kappa shape index (κ3) is 4.26. The summed E-state index contributed by atoms with van der Waals surface area (Å²) in [5, 5.41) is 47.2. The van der Waals surface area contributed by atoms with Crippen molar-refractivity contribution in [3.63, 3.8) is 0 Å². The van der Waals surface area contributed by atoms with Crippen LogP contribution in [0.5, 0.6) is 5.75 Å². The Bertz CT molecular complexity index is 1350. The van der Waals surface area contributed by atoms with Crippen molar-refractivity contribution in [2.24, 2.45) is 17.6 Å². The summed E-state index contributed by atoms with van der Waals surface area (Å²) < 4.78 is 51.8. The third-order valence-electron chi connectivity index (χ3n) is 6.89. The number of carbonyl (C=O) groups excluding carboxylic acids is 4. The first-order valence-electron chi connectivity index (χ1n) is 11.2. The number of hydrogen-bond donors (Lipinski definition) is 7. The molecule has 3 aliphatic rings. The number of carbonyl (C=O) groups is 4. The summed E-state index contributed by atoms with van der Waals surface area (Å²) in [7, 11) is 0. The maximum Gasteiger partial charge on any atom is 0.401 e. The summed E-state index contributed by atoms with van der Waals surface area (Å²) in [6.07, 6.45) is -5.64. The molecule has 1 aromatic carbocycles. The van der Waals surface area contributed by atoms with E-state index in [1.165, 1.54) is 0 Å². The minimum atomic E-state index is -4.60. The number of aliphatic hydroxyl groups is 3. The van der Waals surface area contributed by atoms with Crippen LogP contribution >= 0.6 is 0 Å². The molecule has 3 atom stereocenters. The molecule has 11 nitrogen and oxygen atoms in total. The van der Waals surface area contributed by atoms with Gasteiger partial charge in [-0.05, 0) is 18.8 Å². The number of primary amides is 1. The average Bonchev–Trinajstić information content (AvgIpc) is 2.78. The Morgan fingerprint density at radius 2 is 1.82 bits per heavy atom. The normalized spacial score (nSPS) is 25.1. The number of amides is 2. The van der Waals surface area contributed by atoms with Gasteiger partial charge in [-0.2, -0.15) is 13.2 Å². The topological polar surface area (TPSA) is 199 Å². The van der Waals surface area contributed by atoms with Gasteiger partial charge in [-0.3, -0.25) is 19.2 Å². The van der Waals surface area contributed by atoms with Gasteiger partial charge in [0.2, 0.25) is 11.7 Å². The van der Waals surface area contributed by atoms with Crippen LogP contribution in [-0.2, 0) is 25.6 Å². The number of aromatic hydroxyl groups is 1. The van der Waals surface area contributed by atoms with Gasteiger partial charge in [-0.15, -0.1) is 0 Å². The highest BCUT2D eigenvalue weighted by Crippen LogP contribution is 2.53. The van der Waals surface area contributed by atoms with E-state index in [2.05, 4.69) is 0 Å². The molecule has 15 heteroatoms. The lowest BCUT2D eigenvalue weighted by molar-refractivity contribution is -0.147. The molecule has 0 radical (unpaired) electrons. The van der Waals surface area contributed by atoms with Gasteiger partial charge >= 0.3 is 6.18 Å². The van der Waals surface area contributed by atoms with Crippen molar-refractivity contribution in [3.05, 3.63) is 39.9 Å². The van der Waals surface area contributed by atoms with Crippen molar-refractivity contribution in [1.29, 1.82) is 0 Å². The van der Waals surface area contributed by atoms with Crippen molar-refractivity contribution in [2.75, 3.05) is 18.4 Å². The number of Topliss-reactive ketones (excluding diaryl/α,β-unsaturated/α-hetero) is 2. The molecule has 38 heavy (non-hydrogen) atoms. The molecule has 1 unspecified atom stereocenters. The van der Waals surface area contributed by atoms with Crippen molar-refractivity contribution in [3.8, 4) is 5.75 Å². The Balaban J connectivity index is 1.73. The van der Waals surface area contributed by atoms with Crippen LogP contribution in [0.1, 0.15) is 24.0 Å². The monoisotopic (exact) mass is 543 g/mol. The van der Waals surface area contributed by atoms with Gasteiger partial charge in [0.25, 0.3) is 5.91 Å². The Labute approximate surface area is 210 Å². The molecular weight excluding hydrogens is 522 g/mol. The lowest BCUT2D eigenvalue weighted by Gasteiger charge is -2.46. The number of anilines is 1. The molecule has 0 aromatic heterocycles. The van der Waals surface area contributed by atoms with Crippen LogP contribution in [-0.4, -0.2) is 68.7 Å². The summed E-state index contributed by atoms with van der Waals surface area (Å²) in [6, 6.07) is 0.687. The van der Waals surface area contributed by atoms with Gasteiger partial charge in [-0.1, -0.05) is 0 Å². The molecule has 1 saturated carbocycles. The van der Waals surface area contributed by atoms with E-state index in [-0.39, 0.29) is 18.4 Å². The second kappa shape index (κ2) is 9.09. The molecule has 1 aromatic rings. The number of alkyl halides is 3. The number of phenols is 1. The largest absolute Gasteiger partial charge is 0.508 e. The number of benzene rings is 1. The van der Waals surface area contributed by atoms with Gasteiger partial charge in [0, 0.05) is 29.5 Å². The van der Waals surface area contributed by atoms with Gasteiger partial charge in [0.1, 0.15) is 22.9 Å². The van der Waals surface area contributed by atoms with E-state index in [1.54, 1.807) is 0 Å². The zero-order valence-corrected chi connectivity index (χ0v) is 19.3. The highest BCUT2D eigenvalue weighted by Gasteiger charge is 2.60. The van der Waals surface area contributed by atoms with Crippen LogP contribution in [0.4, 0.5) is 23.2 Å². The number of aliphatic hydroxyl groups excluding tert-OH is 2. The molecular formula is C23H21F4N3O8. The number of phenolic OH excluding ortho intramolecular Hbond substituents is 1. The molecule has 2 amide bonds. The number of nitrogens with one attached hydrogen (secondary N) is 2. The van der Waals surface area contributed by atoms with Crippen LogP contribution < -0.4 is 16.4 Å². The van der Waals surface area contributed by atoms with Gasteiger partial charge in [0.05, 0.1) is 24.3 Å². The fourth-order valence-corrected chi connectivity index (χ4v) is 5.25. The van der Waals surface area contributed by atoms with Crippen LogP contribution in [0.2, 0.25) is 0 Å². The summed E-state index contributed by atoms with van der Waals surface area (Å²) in [5.74, 6) is -11.1. The highest BCUT2D eigenvalue weighted by molar-refractivity contribution is 6.22. The molecule has 204 valence electrons. The minimum Gasteiger partial charge on any atom is -0.508 e. The van der Waals surface area contributed by atoms with Gasteiger partial charge in [0.15, 0.2) is 17.1 Å². The predicted molar refractivity (Wildman–Crippen MR) is 119 cm³/mol. The van der Waals surface area contributed by atoms with E-state index in [9.17, 15) is 52.8 Å². The van der Waals surface area contributed by atoms with E-state index in [1.807, 2.05) is 10.6 Å². The Morgan fingerprint density at radius 3 is 2.42 bits per heavy atom. The van der Waals surface area contributed by atoms with Crippen LogP contribution in [0, 0.1) is 17.7 Å². The van der Waals surface area contributed by atoms with E-state index in [0.717, 1.165) is 0 Å². The second-order valence-electron chi connectivity index (χ2n) is 9.28. The summed E-state index contributed by atoms with van der Waals surface area (Å²) in [4.78, 5) is 49.4. The molecule has 4 rings (SSSR count). The lowest BCUT2D eigenvalue weighted by atomic mass is 9.59. The number of hydrogen-bond acceptors (Lipinski definition) is 9. The van der Waals surface area contributed by atoms with E-state index in [4.69, 9.17) is 5.73 Å². The smallest absolute Gasteiger partial charge is 0.401 e. The standard InChI is InChI=1S/C23H21F4N3O8/c24-10-4-11(30-13(32)5-29-6-22(25,26)27)17(33)15-9(10)2-7-1-8-3-12(31)16(21(28)37)20(36)23(8,38)19(35)14(7)18(15)34/h4,7-8,29,33-34,36,38H,1-3,5-6H2,(H2,28,37)(H,30,32)/t7?,8-,23-/m0/s1. The van der Waals surface area contributed by atoms with Crippen molar-refractivity contribution in [1.82, 2.24) is 5.32 Å². The Hall–Kier alpha value is -3.98. The summed E-state index contributed by atoms with van der Waals surface area (Å²) >= 11 is 0. The zero-order valence-electron chi connectivity index (χ0n) is 19.3. The first-order chi connectivity index (χ1) is 17.6. The number of ketones is 2. The molecule has 3 aliphatic carbocycles. The van der Waals surface area contributed by atoms with E-state index < -0.39 is 112 Å². The van der Waals surface area contributed by atoms with Crippen LogP contribution in [0.25, 0.3) is 5.76 Å². The number of rotatable bonds is 5. The molecule has 0 aliphatic heterocycles. The van der Waals surface area contributed by atoms with Crippen molar-refractivity contribution in [2.45, 2.75) is 31.0 Å². The quantitative estimate of drug-likeness (QED) is 0.158.